The topological polar surface area (TPSA) is 0 Å². The van der Waals surface area contributed by atoms with Crippen LogP contribution in [0.5, 0.6) is 0 Å². The fraction of sp³-hybridized carbons (Fsp3) is 0. The van der Waals surface area contributed by atoms with Crippen LogP contribution in [0.1, 0.15) is 0 Å². The van der Waals surface area contributed by atoms with Gasteiger partial charge in [0, 0.05) is 18.6 Å². The van der Waals surface area contributed by atoms with Crippen molar-refractivity contribution in [3.8, 4) is 89.3 Å². The molecule has 0 spiro atoms. The Labute approximate surface area is 114 Å². The van der Waals surface area contributed by atoms with Gasteiger partial charge in [0.2, 0.25) is 0 Å². The smallest absolute Gasteiger partial charge is 0 e. The van der Waals surface area contributed by atoms with Crippen LogP contribution >= 0.6 is 0 Å². The van der Waals surface area contributed by atoms with E-state index in [0.717, 1.165) is 0 Å². The molecule has 0 aromatic rings. The zero-order valence-corrected chi connectivity index (χ0v) is 9.92. The molecule has 0 fully saturated rings. The van der Waals surface area contributed by atoms with Crippen molar-refractivity contribution in [2.24, 2.45) is 0 Å². The molecule has 1 radical (unpaired) electrons. The minimum absolute atomic E-state index is 0. The summed E-state index contributed by atoms with van der Waals surface area (Å²) in [4.78, 5) is 0. The van der Waals surface area contributed by atoms with E-state index in [0.29, 0.717) is 0 Å². The Morgan fingerprint density at radius 2 is 0.824 bits per heavy atom. The molecule has 17 heavy (non-hydrogen) atoms. The van der Waals surface area contributed by atoms with E-state index in [1.54, 1.807) is 0 Å². The van der Waals surface area contributed by atoms with Crippen molar-refractivity contribution < 1.29 is 18.6 Å². The summed E-state index contributed by atoms with van der Waals surface area (Å²) >= 11 is 0. The van der Waals surface area contributed by atoms with Gasteiger partial charge in [0.1, 0.15) is 0 Å². The third-order valence-electron chi connectivity index (χ3n) is 0.822. The molecular formula is C16HV-. The first-order valence-corrected chi connectivity index (χ1v) is 3.79. The van der Waals surface area contributed by atoms with Gasteiger partial charge in [0.05, 0.1) is 0 Å². The third kappa shape index (κ3) is 15.8. The molecule has 0 bridgehead atoms. The van der Waals surface area contributed by atoms with Crippen LogP contribution in [-0.2, 0) is 18.6 Å². The second kappa shape index (κ2) is 15.5. The van der Waals surface area contributed by atoms with Gasteiger partial charge in [-0.1, -0.05) is 0 Å². The Hall–Kier alpha value is -2.94. The molecule has 0 aliphatic heterocycles. The van der Waals surface area contributed by atoms with E-state index in [2.05, 4.69) is 77.0 Å². The average molecular weight is 244 g/mol. The molecule has 0 saturated heterocycles. The van der Waals surface area contributed by atoms with Gasteiger partial charge in [-0.05, 0) is 65.1 Å². The second-order valence-electron chi connectivity index (χ2n) is 1.77. The maximum absolute atomic E-state index is 6.46. The van der Waals surface area contributed by atoms with Crippen molar-refractivity contribution in [1.82, 2.24) is 0 Å². The molecule has 0 unspecified atom stereocenters. The largest absolute Gasteiger partial charge is 0.358 e. The Morgan fingerprint density at radius 3 is 1.12 bits per heavy atom. The van der Waals surface area contributed by atoms with Gasteiger partial charge in [-0.2, -0.15) is 0 Å². The van der Waals surface area contributed by atoms with Crippen LogP contribution in [0.2, 0.25) is 0 Å². The molecule has 0 nitrogen and oxygen atoms in total. The Bertz CT molecular complexity index is 633. The molecule has 0 aromatic carbocycles. The number of hydrogen-bond donors (Lipinski definition) is 0. The Balaban J connectivity index is 0. The number of hydrogen-bond acceptors (Lipinski definition) is 0. The quantitative estimate of drug-likeness (QED) is 0.422. The van der Waals surface area contributed by atoms with Crippen LogP contribution in [0.15, 0.2) is 0 Å². The van der Waals surface area contributed by atoms with Gasteiger partial charge in [-0.15, -0.1) is 12.3 Å². The Morgan fingerprint density at radius 1 is 0.529 bits per heavy atom. The van der Waals surface area contributed by atoms with Gasteiger partial charge in [-0.25, -0.2) is 5.92 Å². The maximum Gasteiger partial charge on any atom is 0 e. The molecule has 71 valence electrons. The molecule has 0 heterocycles. The second-order valence-corrected chi connectivity index (χ2v) is 1.77. The fourth-order valence-electron chi connectivity index (χ4n) is 0.380. The van der Waals surface area contributed by atoms with E-state index < -0.39 is 0 Å². The van der Waals surface area contributed by atoms with Gasteiger partial charge in [0.15, 0.2) is 0 Å². The van der Waals surface area contributed by atoms with Gasteiger partial charge < -0.3 is 6.42 Å². The van der Waals surface area contributed by atoms with Gasteiger partial charge >= 0.3 is 0 Å². The summed E-state index contributed by atoms with van der Waals surface area (Å²) in [7, 11) is 0. The van der Waals surface area contributed by atoms with Crippen LogP contribution in [-0.4, -0.2) is 0 Å². The number of terminal acetylenes is 1. The van der Waals surface area contributed by atoms with Crippen LogP contribution in [0.3, 0.4) is 0 Å². The van der Waals surface area contributed by atoms with Gasteiger partial charge in [0.25, 0.3) is 0 Å². The van der Waals surface area contributed by atoms with Crippen molar-refractivity contribution in [3.63, 3.8) is 0 Å². The van der Waals surface area contributed by atoms with Crippen LogP contribution in [0.4, 0.5) is 0 Å². The monoisotopic (exact) mass is 244 g/mol. The van der Waals surface area contributed by atoms with E-state index in [1.165, 1.54) is 0 Å². The molecule has 0 aliphatic carbocycles. The minimum Gasteiger partial charge on any atom is -0.358 e. The summed E-state index contributed by atoms with van der Waals surface area (Å²) < 4.78 is 0. The van der Waals surface area contributed by atoms with Crippen molar-refractivity contribution >= 4 is 0 Å². The predicted molar refractivity (Wildman–Crippen MR) is 62.6 cm³/mol. The van der Waals surface area contributed by atoms with Crippen LogP contribution in [0, 0.1) is 95.7 Å². The molecule has 0 saturated carbocycles. The van der Waals surface area contributed by atoms with Crippen molar-refractivity contribution in [2.75, 3.05) is 0 Å². The zero-order valence-electron chi connectivity index (χ0n) is 8.52. The predicted octanol–water partition coefficient (Wildman–Crippen LogP) is 0.227. The summed E-state index contributed by atoms with van der Waals surface area (Å²) in [6.07, 6.45) is 11.3. The van der Waals surface area contributed by atoms with Crippen LogP contribution < -0.4 is 0 Å². The zero-order chi connectivity index (χ0) is 11.9. The summed E-state index contributed by atoms with van der Waals surface area (Å²) in [6, 6.07) is 0. The standard InChI is InChI=1S/C16H.V/c1-3-5-7-9-11-13-15-16-14-12-10-8-6-4-2;/h1H;/q-1;. The summed E-state index contributed by atoms with van der Waals surface area (Å²) in [6.45, 7) is 0. The first-order chi connectivity index (χ1) is 7.91. The minimum atomic E-state index is 0. The molecule has 0 aromatic heterocycles. The van der Waals surface area contributed by atoms with Gasteiger partial charge in [-0.3, -0.25) is 5.92 Å². The van der Waals surface area contributed by atoms with Crippen LogP contribution in [0.25, 0.3) is 0 Å². The SMILES string of the molecule is [C-]#CC#CC#CC#CC#CC#CC#CC#C.[V]. The van der Waals surface area contributed by atoms with Crippen molar-refractivity contribution in [2.45, 2.75) is 0 Å². The summed E-state index contributed by atoms with van der Waals surface area (Å²) in [5, 5.41) is 0. The normalized spacial score (nSPS) is 3.41. The molecule has 0 N–H and O–H groups in total. The van der Waals surface area contributed by atoms with Crippen molar-refractivity contribution in [3.05, 3.63) is 6.42 Å². The van der Waals surface area contributed by atoms with E-state index in [-0.39, 0.29) is 18.6 Å². The average Bonchev–Trinajstić information content (AvgIpc) is 2.31. The molecule has 1 heteroatoms. The van der Waals surface area contributed by atoms with E-state index in [1.807, 2.05) is 5.92 Å². The van der Waals surface area contributed by atoms with Crippen molar-refractivity contribution in [1.29, 1.82) is 0 Å². The molecule has 0 rings (SSSR count). The maximum atomic E-state index is 6.46. The summed E-state index contributed by atoms with van der Waals surface area (Å²) in [5.41, 5.74) is 0. The first-order valence-electron chi connectivity index (χ1n) is 3.79. The van der Waals surface area contributed by atoms with E-state index in [9.17, 15) is 0 Å². The number of rotatable bonds is 0. The Kier molecular flexibility index (Phi) is 15.1. The van der Waals surface area contributed by atoms with E-state index >= 15 is 0 Å². The molecule has 0 aliphatic rings. The fourth-order valence-corrected chi connectivity index (χ4v) is 0.380. The molecule has 0 atom stereocenters. The van der Waals surface area contributed by atoms with E-state index in [4.69, 9.17) is 12.8 Å². The molecular weight excluding hydrogens is 243 g/mol. The summed E-state index contributed by atoms with van der Waals surface area (Å²) in [5.74, 6) is 32.7. The molecule has 0 amide bonds. The third-order valence-corrected chi connectivity index (χ3v) is 0.822. The first kappa shape index (κ1) is 16.5.